The van der Waals surface area contributed by atoms with E-state index in [2.05, 4.69) is 51.4 Å². The van der Waals surface area contributed by atoms with Gasteiger partial charge in [-0.3, -0.25) is 9.69 Å². The first-order valence-electron chi connectivity index (χ1n) is 11.3. The van der Waals surface area contributed by atoms with Crippen LogP contribution in [0, 0.1) is 6.92 Å². The van der Waals surface area contributed by atoms with Gasteiger partial charge in [0, 0.05) is 18.8 Å². The highest BCUT2D eigenvalue weighted by atomic mass is 16.1. The van der Waals surface area contributed by atoms with E-state index in [0.717, 1.165) is 37.2 Å². The molecule has 2 aromatic heterocycles. The SMILES string of the molecule is CCCCNc1nc(N)nc2cc(C)n(Cc3ccc(CN4CCCC4)cc3)c(=O)c12. The molecule has 0 atom stereocenters. The van der Waals surface area contributed by atoms with Crippen LogP contribution in [0.3, 0.4) is 0 Å². The van der Waals surface area contributed by atoms with Crippen LogP contribution in [0.5, 0.6) is 0 Å². The number of aryl methyl sites for hydroxylation is 1. The number of likely N-dealkylation sites (tertiary alicyclic amines) is 1. The van der Waals surface area contributed by atoms with Gasteiger partial charge in [-0.2, -0.15) is 4.98 Å². The molecule has 3 N–H and O–H groups in total. The van der Waals surface area contributed by atoms with Crippen LogP contribution in [0.1, 0.15) is 49.4 Å². The van der Waals surface area contributed by atoms with Crippen molar-refractivity contribution in [2.45, 2.75) is 52.6 Å². The molecular weight excluding hydrogens is 388 g/mol. The molecule has 0 amide bonds. The van der Waals surface area contributed by atoms with Gasteiger partial charge in [0.1, 0.15) is 11.2 Å². The number of aromatic nitrogens is 3. The van der Waals surface area contributed by atoms with Gasteiger partial charge in [-0.05, 0) is 56.5 Å². The van der Waals surface area contributed by atoms with E-state index in [0.29, 0.717) is 23.3 Å². The summed E-state index contributed by atoms with van der Waals surface area (Å²) in [5.74, 6) is 0.701. The van der Waals surface area contributed by atoms with Crippen molar-refractivity contribution >= 4 is 22.7 Å². The number of hydrogen-bond acceptors (Lipinski definition) is 6. The second kappa shape index (κ2) is 9.47. The molecule has 3 heterocycles. The summed E-state index contributed by atoms with van der Waals surface area (Å²) in [7, 11) is 0. The van der Waals surface area contributed by atoms with Gasteiger partial charge in [-0.15, -0.1) is 0 Å². The fourth-order valence-electron chi connectivity index (χ4n) is 4.22. The maximum Gasteiger partial charge on any atom is 0.264 e. The normalized spacial score (nSPS) is 14.4. The summed E-state index contributed by atoms with van der Waals surface area (Å²) < 4.78 is 1.79. The number of hydrogen-bond donors (Lipinski definition) is 2. The van der Waals surface area contributed by atoms with Crippen LogP contribution in [0.2, 0.25) is 0 Å². The Morgan fingerprint density at radius 3 is 2.42 bits per heavy atom. The molecule has 4 rings (SSSR count). The van der Waals surface area contributed by atoms with Crippen LogP contribution in [-0.2, 0) is 13.1 Å². The Morgan fingerprint density at radius 1 is 1.06 bits per heavy atom. The Labute approximate surface area is 183 Å². The molecule has 0 aliphatic carbocycles. The third kappa shape index (κ3) is 4.88. The first-order chi connectivity index (χ1) is 15.0. The summed E-state index contributed by atoms with van der Waals surface area (Å²) >= 11 is 0. The van der Waals surface area contributed by atoms with Crippen molar-refractivity contribution in [3.8, 4) is 0 Å². The number of anilines is 2. The highest BCUT2D eigenvalue weighted by Gasteiger charge is 2.15. The van der Waals surface area contributed by atoms with Crippen molar-refractivity contribution in [3.63, 3.8) is 0 Å². The van der Waals surface area contributed by atoms with Crippen molar-refractivity contribution in [2.75, 3.05) is 30.7 Å². The monoisotopic (exact) mass is 420 g/mol. The largest absolute Gasteiger partial charge is 0.369 e. The number of pyridine rings is 1. The van der Waals surface area contributed by atoms with E-state index in [1.165, 1.54) is 31.5 Å². The van der Waals surface area contributed by atoms with Gasteiger partial charge in [-0.25, -0.2) is 4.98 Å². The highest BCUT2D eigenvalue weighted by molar-refractivity contribution is 5.89. The minimum Gasteiger partial charge on any atom is -0.369 e. The lowest BCUT2D eigenvalue weighted by atomic mass is 10.1. The van der Waals surface area contributed by atoms with E-state index in [9.17, 15) is 4.79 Å². The van der Waals surface area contributed by atoms with Crippen LogP contribution in [0.25, 0.3) is 10.9 Å². The number of nitrogens with zero attached hydrogens (tertiary/aromatic N) is 4. The maximum absolute atomic E-state index is 13.4. The lowest BCUT2D eigenvalue weighted by Gasteiger charge is -2.16. The molecular formula is C24H32N6O. The van der Waals surface area contributed by atoms with Crippen molar-refractivity contribution in [2.24, 2.45) is 0 Å². The molecule has 7 heteroatoms. The minimum absolute atomic E-state index is 0.0878. The third-order valence-corrected chi connectivity index (χ3v) is 5.98. The Hall–Kier alpha value is -2.93. The third-order valence-electron chi connectivity index (χ3n) is 5.98. The zero-order valence-electron chi connectivity index (χ0n) is 18.5. The van der Waals surface area contributed by atoms with Crippen molar-refractivity contribution in [3.05, 3.63) is 57.5 Å². The summed E-state index contributed by atoms with van der Waals surface area (Å²) in [5.41, 5.74) is 9.67. The van der Waals surface area contributed by atoms with E-state index in [-0.39, 0.29) is 11.5 Å². The number of benzene rings is 1. The van der Waals surface area contributed by atoms with Gasteiger partial charge in [0.2, 0.25) is 5.95 Å². The molecule has 0 bridgehead atoms. The zero-order valence-corrected chi connectivity index (χ0v) is 18.5. The molecule has 7 nitrogen and oxygen atoms in total. The zero-order chi connectivity index (χ0) is 21.8. The van der Waals surface area contributed by atoms with Crippen LogP contribution in [0.4, 0.5) is 11.8 Å². The average Bonchev–Trinajstić information content (AvgIpc) is 3.25. The average molecular weight is 421 g/mol. The van der Waals surface area contributed by atoms with Gasteiger partial charge >= 0.3 is 0 Å². The van der Waals surface area contributed by atoms with Crippen molar-refractivity contribution in [1.82, 2.24) is 19.4 Å². The topological polar surface area (TPSA) is 89.1 Å². The van der Waals surface area contributed by atoms with E-state index in [1.807, 2.05) is 13.0 Å². The fraction of sp³-hybridized carbons (Fsp3) is 0.458. The lowest BCUT2D eigenvalue weighted by Crippen LogP contribution is -2.25. The molecule has 1 saturated heterocycles. The van der Waals surface area contributed by atoms with E-state index in [1.54, 1.807) is 4.57 Å². The van der Waals surface area contributed by atoms with Gasteiger partial charge in [0.25, 0.3) is 5.56 Å². The molecule has 1 aliphatic rings. The second-order valence-electron chi connectivity index (χ2n) is 8.45. The van der Waals surface area contributed by atoms with E-state index in [4.69, 9.17) is 5.73 Å². The van der Waals surface area contributed by atoms with Gasteiger partial charge < -0.3 is 15.6 Å². The molecule has 0 radical (unpaired) electrons. The Balaban J connectivity index is 1.61. The molecule has 1 fully saturated rings. The molecule has 1 aliphatic heterocycles. The predicted molar refractivity (Wildman–Crippen MR) is 126 cm³/mol. The van der Waals surface area contributed by atoms with Crippen molar-refractivity contribution in [1.29, 1.82) is 0 Å². The summed E-state index contributed by atoms with van der Waals surface area (Å²) in [6.07, 6.45) is 4.65. The number of rotatable bonds is 8. The number of nitrogen functional groups attached to an aromatic ring is 1. The lowest BCUT2D eigenvalue weighted by molar-refractivity contribution is 0.331. The van der Waals surface area contributed by atoms with Crippen molar-refractivity contribution < 1.29 is 0 Å². The van der Waals surface area contributed by atoms with Crippen LogP contribution in [-0.4, -0.2) is 39.1 Å². The minimum atomic E-state index is -0.0878. The van der Waals surface area contributed by atoms with E-state index >= 15 is 0 Å². The molecule has 31 heavy (non-hydrogen) atoms. The quantitative estimate of drug-likeness (QED) is 0.542. The first-order valence-corrected chi connectivity index (χ1v) is 11.3. The second-order valence-corrected chi connectivity index (χ2v) is 8.45. The van der Waals surface area contributed by atoms with Gasteiger partial charge in [0.05, 0.1) is 12.1 Å². The summed E-state index contributed by atoms with van der Waals surface area (Å²) in [6, 6.07) is 10.5. The molecule has 0 saturated carbocycles. The maximum atomic E-state index is 13.4. The van der Waals surface area contributed by atoms with Gasteiger partial charge in [0.15, 0.2) is 0 Å². The summed E-state index contributed by atoms with van der Waals surface area (Å²) in [6.45, 7) is 8.70. The van der Waals surface area contributed by atoms with E-state index < -0.39 is 0 Å². The van der Waals surface area contributed by atoms with Crippen LogP contribution >= 0.6 is 0 Å². The Bertz CT molecular complexity index is 1100. The fourth-order valence-corrected chi connectivity index (χ4v) is 4.22. The summed E-state index contributed by atoms with van der Waals surface area (Å²) in [5, 5.41) is 3.77. The molecule has 3 aromatic rings. The number of fused-ring (bicyclic) bond motifs is 1. The Kier molecular flexibility index (Phi) is 6.51. The Morgan fingerprint density at radius 2 is 1.74 bits per heavy atom. The first kappa shape index (κ1) is 21.3. The predicted octanol–water partition coefficient (Wildman–Crippen LogP) is 3.54. The number of unbranched alkanes of at least 4 members (excludes halogenated alkanes) is 1. The molecule has 0 unspecified atom stereocenters. The van der Waals surface area contributed by atoms with Crippen LogP contribution < -0.4 is 16.6 Å². The van der Waals surface area contributed by atoms with Gasteiger partial charge in [-0.1, -0.05) is 37.6 Å². The highest BCUT2D eigenvalue weighted by Crippen LogP contribution is 2.20. The molecule has 0 spiro atoms. The number of nitrogens with one attached hydrogen (secondary N) is 1. The molecule has 164 valence electrons. The molecule has 1 aromatic carbocycles. The number of nitrogens with two attached hydrogens (primary N) is 1. The standard InChI is InChI=1S/C24H32N6O/c1-3-4-11-26-22-21-20(27-24(25)28-22)14-17(2)30(23(21)31)16-19-9-7-18(8-10-19)15-29-12-5-6-13-29/h7-10,14H,3-6,11-13,15-16H2,1-2H3,(H3,25,26,27,28). The summed E-state index contributed by atoms with van der Waals surface area (Å²) in [4.78, 5) is 24.5. The van der Waals surface area contributed by atoms with Crippen LogP contribution in [0.15, 0.2) is 35.1 Å². The smallest absolute Gasteiger partial charge is 0.264 e.